The molecular weight excluding hydrogens is 250 g/mol. The van der Waals surface area contributed by atoms with Gasteiger partial charge in [-0.05, 0) is 55.6 Å². The smallest absolute Gasteiger partial charge is 0.131 e. The number of fused-ring (bicyclic) bond motifs is 1. The molecule has 1 aromatic heterocycles. The largest absolute Gasteiger partial charge is 0.492 e. The van der Waals surface area contributed by atoms with Gasteiger partial charge in [-0.25, -0.2) is 4.98 Å². The average Bonchev–Trinajstić information content (AvgIpc) is 2.48. The number of ether oxygens (including phenoxy) is 1. The highest BCUT2D eigenvalue weighted by molar-refractivity contribution is 5.91. The number of likely N-dealkylation sites (tertiary alicyclic amines) is 1. The summed E-state index contributed by atoms with van der Waals surface area (Å²) in [5.74, 6) is 1.47. The molecule has 0 spiro atoms. The minimum Gasteiger partial charge on any atom is -0.492 e. The van der Waals surface area contributed by atoms with Gasteiger partial charge in [0, 0.05) is 18.1 Å². The Morgan fingerprint density at radius 2 is 2.00 bits per heavy atom. The molecule has 1 aliphatic rings. The van der Waals surface area contributed by atoms with Crippen molar-refractivity contribution < 1.29 is 4.74 Å². The quantitative estimate of drug-likeness (QED) is 0.929. The molecule has 0 atom stereocenters. The van der Waals surface area contributed by atoms with E-state index in [1.807, 2.05) is 24.3 Å². The van der Waals surface area contributed by atoms with Crippen molar-refractivity contribution in [3.8, 4) is 5.75 Å². The number of nitrogens with two attached hydrogens (primary N) is 1. The molecule has 2 heterocycles. The van der Waals surface area contributed by atoms with Crippen LogP contribution in [0.1, 0.15) is 19.3 Å². The average molecular weight is 271 g/mol. The molecule has 1 saturated heterocycles. The molecule has 3 rings (SSSR count). The van der Waals surface area contributed by atoms with Crippen molar-refractivity contribution in [3.05, 3.63) is 30.5 Å². The molecule has 0 bridgehead atoms. The van der Waals surface area contributed by atoms with Crippen molar-refractivity contribution >= 4 is 16.6 Å². The van der Waals surface area contributed by atoms with Gasteiger partial charge in [0.2, 0.25) is 0 Å². The second-order valence-electron chi connectivity index (χ2n) is 5.33. The molecule has 106 valence electrons. The maximum absolute atomic E-state index is 5.85. The van der Waals surface area contributed by atoms with Gasteiger partial charge in [0.15, 0.2) is 0 Å². The van der Waals surface area contributed by atoms with Crippen LogP contribution in [0.5, 0.6) is 5.75 Å². The first-order chi connectivity index (χ1) is 9.83. The van der Waals surface area contributed by atoms with Crippen LogP contribution in [0.25, 0.3) is 10.8 Å². The summed E-state index contributed by atoms with van der Waals surface area (Å²) in [5, 5.41) is 2.06. The summed E-state index contributed by atoms with van der Waals surface area (Å²) in [5.41, 5.74) is 5.85. The van der Waals surface area contributed by atoms with E-state index in [0.29, 0.717) is 5.82 Å². The SMILES string of the molecule is Nc1nccc2cc(OCCN3CCCCC3)ccc12. The summed E-state index contributed by atoms with van der Waals surface area (Å²) < 4.78 is 5.85. The maximum atomic E-state index is 5.85. The van der Waals surface area contributed by atoms with E-state index in [2.05, 4.69) is 9.88 Å². The zero-order valence-electron chi connectivity index (χ0n) is 11.7. The lowest BCUT2D eigenvalue weighted by Gasteiger charge is -2.26. The Morgan fingerprint density at radius 3 is 2.85 bits per heavy atom. The Labute approximate surface area is 119 Å². The molecular formula is C16H21N3O. The number of nitrogens with zero attached hydrogens (tertiary/aromatic N) is 2. The standard InChI is InChI=1S/C16H21N3O/c17-16-15-5-4-14(12-13(15)6-7-18-16)20-11-10-19-8-2-1-3-9-19/h4-7,12H,1-3,8-11H2,(H2,17,18). The van der Waals surface area contributed by atoms with Crippen LogP contribution >= 0.6 is 0 Å². The molecule has 1 aromatic carbocycles. The summed E-state index contributed by atoms with van der Waals surface area (Å²) in [6.07, 6.45) is 5.75. The lowest BCUT2D eigenvalue weighted by atomic mass is 10.1. The van der Waals surface area contributed by atoms with Crippen LogP contribution in [-0.2, 0) is 0 Å². The van der Waals surface area contributed by atoms with Gasteiger partial charge in [0.1, 0.15) is 18.2 Å². The lowest BCUT2D eigenvalue weighted by molar-refractivity contribution is 0.183. The normalized spacial score (nSPS) is 16.4. The monoisotopic (exact) mass is 271 g/mol. The number of pyridine rings is 1. The molecule has 0 amide bonds. The van der Waals surface area contributed by atoms with Crippen LogP contribution in [0.2, 0.25) is 0 Å². The van der Waals surface area contributed by atoms with Gasteiger partial charge in [-0.1, -0.05) is 6.42 Å². The van der Waals surface area contributed by atoms with E-state index < -0.39 is 0 Å². The summed E-state index contributed by atoms with van der Waals surface area (Å²) >= 11 is 0. The Bertz CT molecular complexity index is 579. The number of rotatable bonds is 4. The third-order valence-electron chi connectivity index (χ3n) is 3.89. The van der Waals surface area contributed by atoms with Crippen molar-refractivity contribution in [2.45, 2.75) is 19.3 Å². The Kier molecular flexibility index (Phi) is 4.02. The fourth-order valence-corrected chi connectivity index (χ4v) is 2.74. The summed E-state index contributed by atoms with van der Waals surface area (Å²) in [6.45, 7) is 4.18. The van der Waals surface area contributed by atoms with Gasteiger partial charge in [-0.15, -0.1) is 0 Å². The first-order valence-electron chi connectivity index (χ1n) is 7.32. The van der Waals surface area contributed by atoms with Gasteiger partial charge >= 0.3 is 0 Å². The van der Waals surface area contributed by atoms with E-state index in [1.54, 1.807) is 6.20 Å². The third-order valence-corrected chi connectivity index (χ3v) is 3.89. The summed E-state index contributed by atoms with van der Waals surface area (Å²) in [6, 6.07) is 7.94. The van der Waals surface area contributed by atoms with Crippen LogP contribution in [0, 0.1) is 0 Å². The zero-order chi connectivity index (χ0) is 13.8. The van der Waals surface area contributed by atoms with Crippen molar-refractivity contribution in [1.29, 1.82) is 0 Å². The molecule has 1 aliphatic heterocycles. The van der Waals surface area contributed by atoms with Crippen molar-refractivity contribution in [1.82, 2.24) is 9.88 Å². The second kappa shape index (κ2) is 6.09. The van der Waals surface area contributed by atoms with Crippen LogP contribution in [0.15, 0.2) is 30.5 Å². The van der Waals surface area contributed by atoms with Crippen LogP contribution in [0.4, 0.5) is 5.82 Å². The highest BCUT2D eigenvalue weighted by Gasteiger charge is 2.09. The first-order valence-corrected chi connectivity index (χ1v) is 7.32. The minimum atomic E-state index is 0.572. The first kappa shape index (κ1) is 13.2. The maximum Gasteiger partial charge on any atom is 0.131 e. The molecule has 2 N–H and O–H groups in total. The molecule has 1 fully saturated rings. The van der Waals surface area contributed by atoms with Gasteiger partial charge in [0.25, 0.3) is 0 Å². The third kappa shape index (κ3) is 3.02. The fraction of sp³-hybridized carbons (Fsp3) is 0.438. The molecule has 2 aromatic rings. The van der Waals surface area contributed by atoms with Crippen molar-refractivity contribution in [2.24, 2.45) is 0 Å². The Hall–Kier alpha value is -1.81. The number of hydrogen-bond donors (Lipinski definition) is 1. The van der Waals surface area contributed by atoms with E-state index in [9.17, 15) is 0 Å². The van der Waals surface area contributed by atoms with Crippen LogP contribution < -0.4 is 10.5 Å². The highest BCUT2D eigenvalue weighted by atomic mass is 16.5. The van der Waals surface area contributed by atoms with E-state index in [4.69, 9.17) is 10.5 Å². The number of piperidine rings is 1. The molecule has 4 heteroatoms. The predicted octanol–water partition coefficient (Wildman–Crippen LogP) is 2.68. The summed E-state index contributed by atoms with van der Waals surface area (Å²) in [7, 11) is 0. The molecule has 20 heavy (non-hydrogen) atoms. The van der Waals surface area contributed by atoms with E-state index in [1.165, 1.54) is 32.4 Å². The van der Waals surface area contributed by atoms with Gasteiger partial charge in [-0.3, -0.25) is 4.90 Å². The molecule has 0 aliphatic carbocycles. The van der Waals surface area contributed by atoms with Gasteiger partial charge < -0.3 is 10.5 Å². The Balaban J connectivity index is 1.60. The second-order valence-corrected chi connectivity index (χ2v) is 5.33. The predicted molar refractivity (Wildman–Crippen MR) is 81.9 cm³/mol. The van der Waals surface area contributed by atoms with Crippen LogP contribution in [-0.4, -0.2) is 36.1 Å². The zero-order valence-corrected chi connectivity index (χ0v) is 11.7. The van der Waals surface area contributed by atoms with Gasteiger partial charge in [0.05, 0.1) is 0 Å². The molecule has 0 radical (unpaired) electrons. The van der Waals surface area contributed by atoms with E-state index in [-0.39, 0.29) is 0 Å². The number of hydrogen-bond acceptors (Lipinski definition) is 4. The lowest BCUT2D eigenvalue weighted by Crippen LogP contribution is -2.33. The number of anilines is 1. The number of benzene rings is 1. The molecule has 0 unspecified atom stereocenters. The van der Waals surface area contributed by atoms with Crippen molar-refractivity contribution in [3.63, 3.8) is 0 Å². The number of aromatic nitrogens is 1. The molecule has 0 saturated carbocycles. The fourth-order valence-electron chi connectivity index (χ4n) is 2.74. The highest BCUT2D eigenvalue weighted by Crippen LogP contribution is 2.23. The van der Waals surface area contributed by atoms with Crippen molar-refractivity contribution in [2.75, 3.05) is 32.0 Å². The topological polar surface area (TPSA) is 51.4 Å². The number of nitrogen functional groups attached to an aromatic ring is 1. The van der Waals surface area contributed by atoms with Gasteiger partial charge in [-0.2, -0.15) is 0 Å². The molecule has 4 nitrogen and oxygen atoms in total. The van der Waals surface area contributed by atoms with E-state index in [0.717, 1.165) is 29.7 Å². The van der Waals surface area contributed by atoms with E-state index >= 15 is 0 Å². The minimum absolute atomic E-state index is 0.572. The summed E-state index contributed by atoms with van der Waals surface area (Å²) in [4.78, 5) is 6.57. The van der Waals surface area contributed by atoms with Crippen LogP contribution in [0.3, 0.4) is 0 Å². The Morgan fingerprint density at radius 1 is 1.15 bits per heavy atom.